The Labute approximate surface area is 169 Å². The molecule has 0 aliphatic heterocycles. The highest BCUT2D eigenvalue weighted by molar-refractivity contribution is 5.09. The minimum atomic E-state index is -0.00446. The molecule has 1 N–H and O–H groups in total. The number of hydrogen-bond donors (Lipinski definition) is 1. The summed E-state index contributed by atoms with van der Waals surface area (Å²) in [5.74, 6) is 5.66. The fourth-order valence-corrected chi connectivity index (χ4v) is 8.76. The van der Waals surface area contributed by atoms with Gasteiger partial charge in [-0.05, 0) is 111 Å². The highest BCUT2D eigenvalue weighted by atomic mass is 16.3. The smallest absolute Gasteiger partial charge is 0.0543 e. The Morgan fingerprint density at radius 3 is 2.37 bits per heavy atom. The van der Waals surface area contributed by atoms with Gasteiger partial charge in [0.25, 0.3) is 0 Å². The van der Waals surface area contributed by atoms with Gasteiger partial charge in [-0.25, -0.2) is 0 Å². The molecular weight excluding hydrogens is 328 g/mol. The van der Waals surface area contributed by atoms with Crippen LogP contribution in [0.15, 0.2) is 0 Å². The third kappa shape index (κ3) is 3.53. The fourth-order valence-electron chi connectivity index (χ4n) is 8.76. The molecule has 0 aromatic rings. The summed E-state index contributed by atoms with van der Waals surface area (Å²) >= 11 is 0. The van der Waals surface area contributed by atoms with Crippen LogP contribution in [0.25, 0.3) is 0 Å². The molecule has 0 amide bonds. The van der Waals surface area contributed by atoms with Crippen molar-refractivity contribution in [1.29, 1.82) is 0 Å². The van der Waals surface area contributed by atoms with E-state index in [1.54, 1.807) is 0 Å². The van der Waals surface area contributed by atoms with Crippen molar-refractivity contribution in [3.8, 4) is 0 Å². The predicted molar refractivity (Wildman–Crippen MR) is 115 cm³/mol. The first-order valence-corrected chi connectivity index (χ1v) is 12.5. The molecule has 4 fully saturated rings. The Morgan fingerprint density at radius 1 is 0.852 bits per heavy atom. The molecule has 4 aliphatic rings. The van der Waals surface area contributed by atoms with Crippen molar-refractivity contribution in [3.05, 3.63) is 0 Å². The van der Waals surface area contributed by atoms with Gasteiger partial charge in [0.2, 0.25) is 0 Å². The largest absolute Gasteiger partial charge is 0.393 e. The minimum Gasteiger partial charge on any atom is -0.393 e. The van der Waals surface area contributed by atoms with Gasteiger partial charge in [-0.1, -0.05) is 47.0 Å². The molecule has 4 aliphatic carbocycles. The molecule has 8 atom stereocenters. The third-order valence-corrected chi connectivity index (χ3v) is 10.4. The van der Waals surface area contributed by atoms with Crippen LogP contribution in [-0.2, 0) is 0 Å². The lowest BCUT2D eigenvalue weighted by molar-refractivity contribution is -0.127. The van der Waals surface area contributed by atoms with Gasteiger partial charge in [0.05, 0.1) is 6.10 Å². The summed E-state index contributed by atoms with van der Waals surface area (Å²) in [5, 5.41) is 10.2. The molecular formula is C26H46O. The average molecular weight is 375 g/mol. The molecule has 5 unspecified atom stereocenters. The molecule has 0 radical (unpaired) electrons. The van der Waals surface area contributed by atoms with E-state index in [4.69, 9.17) is 0 Å². The number of hydrogen-bond acceptors (Lipinski definition) is 1. The van der Waals surface area contributed by atoms with Crippen LogP contribution in [0.2, 0.25) is 0 Å². The summed E-state index contributed by atoms with van der Waals surface area (Å²) in [4.78, 5) is 0. The van der Waals surface area contributed by atoms with Gasteiger partial charge in [0.15, 0.2) is 0 Å². The van der Waals surface area contributed by atoms with Crippen molar-refractivity contribution in [1.82, 2.24) is 0 Å². The lowest BCUT2D eigenvalue weighted by Gasteiger charge is -2.61. The van der Waals surface area contributed by atoms with Crippen molar-refractivity contribution in [2.24, 2.45) is 46.3 Å². The van der Waals surface area contributed by atoms with E-state index in [0.717, 1.165) is 48.3 Å². The summed E-state index contributed by atoms with van der Waals surface area (Å²) in [6.45, 7) is 10.1. The minimum absolute atomic E-state index is 0.00446. The van der Waals surface area contributed by atoms with Gasteiger partial charge in [0, 0.05) is 0 Å². The normalized spacial score (nSPS) is 49.6. The van der Waals surface area contributed by atoms with Gasteiger partial charge >= 0.3 is 0 Å². The van der Waals surface area contributed by atoms with Crippen molar-refractivity contribution >= 4 is 0 Å². The molecule has 4 rings (SSSR count). The SMILES string of the molecule is CC(C)CCCC[C@H]1CCC2[C@@H]3CCC4CC(O)CC[C@]4(C)C3CCC21C. The molecule has 0 heterocycles. The molecule has 0 bridgehead atoms. The second-order valence-corrected chi connectivity index (χ2v) is 12.1. The molecule has 156 valence electrons. The molecule has 1 nitrogen and oxygen atoms in total. The van der Waals surface area contributed by atoms with E-state index in [1.807, 2.05) is 0 Å². The standard InChI is InChI=1S/C26H46O/c1-18(2)7-5-6-8-19-10-12-23-22-11-9-20-17-21(27)13-15-26(20,4)24(22)14-16-25(19,23)3/h18-24,27H,5-17H2,1-4H3/t19-,20?,21?,22-,23?,24?,25?,26-/m0/s1. The van der Waals surface area contributed by atoms with E-state index in [0.29, 0.717) is 10.8 Å². The van der Waals surface area contributed by atoms with Crippen LogP contribution in [0, 0.1) is 46.3 Å². The number of fused-ring (bicyclic) bond motifs is 5. The lowest BCUT2D eigenvalue weighted by Crippen LogP contribution is -2.53. The predicted octanol–water partition coefficient (Wildman–Crippen LogP) is 7.22. The Bertz CT molecular complexity index is 512. The molecule has 0 aromatic heterocycles. The van der Waals surface area contributed by atoms with Gasteiger partial charge in [0.1, 0.15) is 0 Å². The number of aliphatic hydroxyl groups excluding tert-OH is 1. The van der Waals surface area contributed by atoms with Crippen LogP contribution in [0.4, 0.5) is 0 Å². The van der Waals surface area contributed by atoms with E-state index in [9.17, 15) is 5.11 Å². The van der Waals surface area contributed by atoms with Gasteiger partial charge in [-0.2, -0.15) is 0 Å². The van der Waals surface area contributed by atoms with Crippen LogP contribution in [0.5, 0.6) is 0 Å². The topological polar surface area (TPSA) is 20.2 Å². The number of aliphatic hydroxyl groups is 1. The second kappa shape index (κ2) is 7.66. The molecule has 0 aromatic carbocycles. The van der Waals surface area contributed by atoms with E-state index < -0.39 is 0 Å². The average Bonchev–Trinajstić information content (AvgIpc) is 2.96. The summed E-state index contributed by atoms with van der Waals surface area (Å²) in [6.07, 6.45) is 18.2. The third-order valence-electron chi connectivity index (χ3n) is 10.4. The van der Waals surface area contributed by atoms with Gasteiger partial charge in [-0.3, -0.25) is 0 Å². The number of rotatable bonds is 5. The summed E-state index contributed by atoms with van der Waals surface area (Å²) in [6, 6.07) is 0. The van der Waals surface area contributed by atoms with Crippen molar-refractivity contribution in [2.45, 2.75) is 117 Å². The van der Waals surface area contributed by atoms with Crippen molar-refractivity contribution in [2.75, 3.05) is 0 Å². The molecule has 1 heteroatoms. The van der Waals surface area contributed by atoms with Crippen LogP contribution in [-0.4, -0.2) is 11.2 Å². The summed E-state index contributed by atoms with van der Waals surface area (Å²) < 4.78 is 0. The van der Waals surface area contributed by atoms with E-state index in [-0.39, 0.29) is 6.10 Å². The van der Waals surface area contributed by atoms with Crippen LogP contribution >= 0.6 is 0 Å². The van der Waals surface area contributed by atoms with Crippen molar-refractivity contribution < 1.29 is 5.11 Å². The van der Waals surface area contributed by atoms with Crippen molar-refractivity contribution in [3.63, 3.8) is 0 Å². The Hall–Kier alpha value is -0.0400. The highest BCUT2D eigenvalue weighted by Gasteiger charge is 2.59. The molecule has 27 heavy (non-hydrogen) atoms. The zero-order valence-corrected chi connectivity index (χ0v) is 18.7. The van der Waals surface area contributed by atoms with Crippen LogP contribution in [0.1, 0.15) is 111 Å². The monoisotopic (exact) mass is 374 g/mol. The first-order valence-electron chi connectivity index (χ1n) is 12.5. The quantitative estimate of drug-likeness (QED) is 0.503. The fraction of sp³-hybridized carbons (Fsp3) is 1.00. The molecule has 0 saturated heterocycles. The maximum atomic E-state index is 10.2. The summed E-state index contributed by atoms with van der Waals surface area (Å²) in [5.41, 5.74) is 1.19. The van der Waals surface area contributed by atoms with Gasteiger partial charge in [-0.15, -0.1) is 0 Å². The second-order valence-electron chi connectivity index (χ2n) is 12.1. The Morgan fingerprint density at radius 2 is 1.59 bits per heavy atom. The molecule has 0 spiro atoms. The lowest BCUT2D eigenvalue weighted by atomic mass is 9.44. The number of unbranched alkanes of at least 4 members (excludes halogenated alkanes) is 1. The van der Waals surface area contributed by atoms with E-state index in [1.165, 1.54) is 70.6 Å². The highest BCUT2D eigenvalue weighted by Crippen LogP contribution is 2.67. The Kier molecular flexibility index (Phi) is 5.74. The maximum Gasteiger partial charge on any atom is 0.0543 e. The first kappa shape index (κ1) is 20.2. The van der Waals surface area contributed by atoms with Gasteiger partial charge < -0.3 is 5.11 Å². The van der Waals surface area contributed by atoms with E-state index >= 15 is 0 Å². The maximum absolute atomic E-state index is 10.2. The zero-order chi connectivity index (χ0) is 19.2. The zero-order valence-electron chi connectivity index (χ0n) is 18.7. The first-order chi connectivity index (χ1) is 12.8. The van der Waals surface area contributed by atoms with Crippen LogP contribution in [0.3, 0.4) is 0 Å². The summed E-state index contributed by atoms with van der Waals surface area (Å²) in [7, 11) is 0. The van der Waals surface area contributed by atoms with Crippen LogP contribution < -0.4 is 0 Å². The Balaban J connectivity index is 1.43. The van der Waals surface area contributed by atoms with E-state index in [2.05, 4.69) is 27.7 Å². The molecule has 4 saturated carbocycles.